The van der Waals surface area contributed by atoms with Crippen molar-refractivity contribution in [3.63, 3.8) is 0 Å². The number of ether oxygens (including phenoxy) is 1. The molecule has 1 saturated heterocycles. The molecule has 0 spiro atoms. The van der Waals surface area contributed by atoms with Crippen LogP contribution in [0, 0.1) is 0 Å². The average molecular weight is 238 g/mol. The summed E-state index contributed by atoms with van der Waals surface area (Å²) in [5.41, 5.74) is 1.19. The van der Waals surface area contributed by atoms with Gasteiger partial charge in [0.05, 0.1) is 24.4 Å². The fraction of sp³-hybridized carbons (Fsp3) is 0.750. The van der Waals surface area contributed by atoms with Gasteiger partial charge >= 0.3 is 0 Å². The molecule has 1 fully saturated rings. The molecule has 1 aromatic rings. The first-order chi connectivity index (χ1) is 8.22. The minimum atomic E-state index is 0.198. The topological polar surface area (TPSA) is 42.3 Å². The summed E-state index contributed by atoms with van der Waals surface area (Å²) >= 11 is 0. The molecule has 0 amide bonds. The van der Waals surface area contributed by atoms with Crippen LogP contribution in [0.3, 0.4) is 0 Å². The van der Waals surface area contributed by atoms with E-state index < -0.39 is 0 Å². The number of likely N-dealkylation sites (N-methyl/N-ethyl adjacent to an activating group) is 2. The molecule has 1 aromatic heterocycles. The van der Waals surface area contributed by atoms with Crippen LogP contribution in [0.5, 0.6) is 0 Å². The zero-order valence-electron chi connectivity index (χ0n) is 10.9. The standard InChI is InChI=1S/C12H22N4O/c1-4-13-12(10-5-6-14-16(10)3)11-9-15(2)7-8-17-11/h5-6,11-13H,4,7-9H2,1-3H3. The molecule has 5 nitrogen and oxygen atoms in total. The molecule has 17 heavy (non-hydrogen) atoms. The highest BCUT2D eigenvalue weighted by atomic mass is 16.5. The minimum absolute atomic E-state index is 0.198. The van der Waals surface area contributed by atoms with Gasteiger partial charge in [0.15, 0.2) is 0 Å². The molecule has 0 aromatic carbocycles. The lowest BCUT2D eigenvalue weighted by Gasteiger charge is -2.35. The van der Waals surface area contributed by atoms with E-state index in [0.29, 0.717) is 0 Å². The maximum absolute atomic E-state index is 5.90. The van der Waals surface area contributed by atoms with E-state index in [9.17, 15) is 0 Å². The molecule has 96 valence electrons. The molecule has 1 aliphatic rings. The Bertz CT molecular complexity index is 352. The summed E-state index contributed by atoms with van der Waals surface area (Å²) in [5, 5.41) is 7.74. The Morgan fingerprint density at radius 3 is 3.00 bits per heavy atom. The van der Waals surface area contributed by atoms with Crippen molar-refractivity contribution in [1.82, 2.24) is 20.0 Å². The van der Waals surface area contributed by atoms with Crippen molar-refractivity contribution in [2.75, 3.05) is 33.3 Å². The van der Waals surface area contributed by atoms with Crippen molar-refractivity contribution >= 4 is 0 Å². The van der Waals surface area contributed by atoms with Crippen LogP contribution < -0.4 is 5.32 Å². The van der Waals surface area contributed by atoms with E-state index in [1.165, 1.54) is 5.69 Å². The van der Waals surface area contributed by atoms with E-state index in [4.69, 9.17) is 4.74 Å². The Morgan fingerprint density at radius 1 is 1.59 bits per heavy atom. The van der Waals surface area contributed by atoms with Crippen LogP contribution in [0.15, 0.2) is 12.3 Å². The van der Waals surface area contributed by atoms with Gasteiger partial charge in [-0.1, -0.05) is 6.92 Å². The minimum Gasteiger partial charge on any atom is -0.374 e. The van der Waals surface area contributed by atoms with Gasteiger partial charge in [0, 0.05) is 26.3 Å². The average Bonchev–Trinajstić information content (AvgIpc) is 2.72. The third-order valence-corrected chi connectivity index (χ3v) is 3.27. The monoisotopic (exact) mass is 238 g/mol. The first-order valence-electron chi connectivity index (χ1n) is 6.23. The highest BCUT2D eigenvalue weighted by Crippen LogP contribution is 2.21. The van der Waals surface area contributed by atoms with Crippen molar-refractivity contribution < 1.29 is 4.74 Å². The number of hydrogen-bond acceptors (Lipinski definition) is 4. The smallest absolute Gasteiger partial charge is 0.0912 e. The molecule has 0 aliphatic carbocycles. The van der Waals surface area contributed by atoms with Gasteiger partial charge in [-0.3, -0.25) is 4.68 Å². The lowest BCUT2D eigenvalue weighted by atomic mass is 10.1. The molecule has 1 aliphatic heterocycles. The maximum atomic E-state index is 5.90. The molecule has 0 saturated carbocycles. The lowest BCUT2D eigenvalue weighted by molar-refractivity contribution is -0.0403. The Kier molecular flexibility index (Phi) is 4.15. The second-order valence-electron chi connectivity index (χ2n) is 4.59. The summed E-state index contributed by atoms with van der Waals surface area (Å²) in [6, 6.07) is 2.28. The predicted molar refractivity (Wildman–Crippen MR) is 66.9 cm³/mol. The summed E-state index contributed by atoms with van der Waals surface area (Å²) in [6.07, 6.45) is 2.04. The Balaban J connectivity index is 2.14. The maximum Gasteiger partial charge on any atom is 0.0912 e. The van der Waals surface area contributed by atoms with Gasteiger partial charge in [-0.2, -0.15) is 5.10 Å². The number of nitrogens with zero attached hydrogens (tertiary/aromatic N) is 3. The lowest BCUT2D eigenvalue weighted by Crippen LogP contribution is -2.47. The van der Waals surface area contributed by atoms with Gasteiger partial charge in [-0.05, 0) is 19.7 Å². The van der Waals surface area contributed by atoms with Crippen LogP contribution >= 0.6 is 0 Å². The molecule has 0 bridgehead atoms. The van der Waals surface area contributed by atoms with Crippen LogP contribution in [0.2, 0.25) is 0 Å². The number of rotatable bonds is 4. The summed E-state index contributed by atoms with van der Waals surface area (Å²) < 4.78 is 7.82. The first kappa shape index (κ1) is 12.5. The number of aromatic nitrogens is 2. The van der Waals surface area contributed by atoms with Crippen molar-refractivity contribution in [1.29, 1.82) is 0 Å². The van der Waals surface area contributed by atoms with E-state index in [1.807, 2.05) is 17.9 Å². The molecule has 0 radical (unpaired) electrons. The fourth-order valence-corrected chi connectivity index (χ4v) is 2.35. The van der Waals surface area contributed by atoms with Crippen molar-refractivity contribution in [2.45, 2.75) is 19.1 Å². The van der Waals surface area contributed by atoms with Crippen LogP contribution in [0.1, 0.15) is 18.7 Å². The van der Waals surface area contributed by atoms with Gasteiger partial charge in [0.25, 0.3) is 0 Å². The Hall–Kier alpha value is -0.910. The molecule has 1 N–H and O–H groups in total. The van der Waals surface area contributed by atoms with Crippen LogP contribution in [-0.2, 0) is 11.8 Å². The molecule has 2 unspecified atom stereocenters. The van der Waals surface area contributed by atoms with Crippen molar-refractivity contribution in [3.05, 3.63) is 18.0 Å². The van der Waals surface area contributed by atoms with E-state index in [-0.39, 0.29) is 12.1 Å². The third kappa shape index (κ3) is 2.86. The highest BCUT2D eigenvalue weighted by Gasteiger charge is 2.29. The van der Waals surface area contributed by atoms with Crippen LogP contribution in [0.25, 0.3) is 0 Å². The predicted octanol–water partition coefficient (Wildman–Crippen LogP) is 0.401. The van der Waals surface area contributed by atoms with Gasteiger partial charge in [0.2, 0.25) is 0 Å². The SMILES string of the molecule is CCNC(c1ccnn1C)C1CN(C)CCO1. The largest absolute Gasteiger partial charge is 0.374 e. The third-order valence-electron chi connectivity index (χ3n) is 3.27. The van der Waals surface area contributed by atoms with Crippen LogP contribution in [-0.4, -0.2) is 54.1 Å². The molecule has 2 rings (SSSR count). The van der Waals surface area contributed by atoms with Crippen LogP contribution in [0.4, 0.5) is 0 Å². The van der Waals surface area contributed by atoms with Gasteiger partial charge in [0.1, 0.15) is 0 Å². The fourth-order valence-electron chi connectivity index (χ4n) is 2.35. The van der Waals surface area contributed by atoms with E-state index in [2.05, 4.69) is 35.4 Å². The second-order valence-corrected chi connectivity index (χ2v) is 4.59. The summed E-state index contributed by atoms with van der Waals surface area (Å²) in [4.78, 5) is 2.31. The Labute approximate surface area is 103 Å². The molecule has 5 heteroatoms. The quantitative estimate of drug-likeness (QED) is 0.824. The van der Waals surface area contributed by atoms with Crippen molar-refractivity contribution in [3.8, 4) is 0 Å². The summed E-state index contributed by atoms with van der Waals surface area (Å²) in [5.74, 6) is 0. The normalized spacial score (nSPS) is 23.8. The van der Waals surface area contributed by atoms with E-state index >= 15 is 0 Å². The summed E-state index contributed by atoms with van der Waals surface area (Å²) in [7, 11) is 4.12. The highest BCUT2D eigenvalue weighted by molar-refractivity contribution is 5.09. The van der Waals surface area contributed by atoms with E-state index in [0.717, 1.165) is 26.2 Å². The number of aryl methyl sites for hydroxylation is 1. The Morgan fingerprint density at radius 2 is 2.41 bits per heavy atom. The first-order valence-corrected chi connectivity index (χ1v) is 6.23. The number of nitrogens with one attached hydrogen (secondary N) is 1. The molecule has 2 heterocycles. The number of morpholine rings is 1. The van der Waals surface area contributed by atoms with Crippen molar-refractivity contribution in [2.24, 2.45) is 7.05 Å². The van der Waals surface area contributed by atoms with Gasteiger partial charge in [-0.25, -0.2) is 0 Å². The van der Waals surface area contributed by atoms with Gasteiger partial charge in [-0.15, -0.1) is 0 Å². The van der Waals surface area contributed by atoms with Gasteiger partial charge < -0.3 is 15.0 Å². The zero-order valence-corrected chi connectivity index (χ0v) is 10.9. The van der Waals surface area contributed by atoms with E-state index in [1.54, 1.807) is 0 Å². The zero-order chi connectivity index (χ0) is 12.3. The second kappa shape index (κ2) is 5.62. The molecular formula is C12H22N4O. The summed E-state index contributed by atoms with van der Waals surface area (Å²) in [6.45, 7) is 5.83. The number of hydrogen-bond donors (Lipinski definition) is 1. The molecule has 2 atom stereocenters. The molecular weight excluding hydrogens is 216 g/mol.